The van der Waals surface area contributed by atoms with Crippen LogP contribution < -0.4 is 0 Å². The van der Waals surface area contributed by atoms with Crippen LogP contribution in [0.4, 0.5) is 0 Å². The lowest BCUT2D eigenvalue weighted by molar-refractivity contribution is -0.156. The zero-order valence-electron chi connectivity index (χ0n) is 14.4. The highest BCUT2D eigenvalue weighted by molar-refractivity contribution is 7.16. The Bertz CT molecular complexity index is 993. The van der Waals surface area contributed by atoms with Crippen molar-refractivity contribution in [2.24, 2.45) is 0 Å². The Morgan fingerprint density at radius 1 is 1.19 bits per heavy atom. The highest BCUT2D eigenvalue weighted by atomic mass is 35.5. The quantitative estimate of drug-likeness (QED) is 0.669. The van der Waals surface area contributed by atoms with Crippen molar-refractivity contribution >= 4 is 51.7 Å². The van der Waals surface area contributed by atoms with E-state index in [1.54, 1.807) is 22.2 Å². The second-order valence-corrected chi connectivity index (χ2v) is 8.03. The molecule has 0 atom stereocenters. The van der Waals surface area contributed by atoms with Gasteiger partial charge in [0.15, 0.2) is 0 Å². The van der Waals surface area contributed by atoms with E-state index >= 15 is 0 Å². The summed E-state index contributed by atoms with van der Waals surface area (Å²) in [7, 11) is 0. The number of nitrogens with zero attached hydrogens (tertiary/aromatic N) is 3. The van der Waals surface area contributed by atoms with Crippen LogP contribution in [-0.2, 0) is 16.1 Å². The maximum atomic E-state index is 12.5. The number of piperazine rings is 1. The normalized spacial score (nSPS) is 15.4. The second kappa shape index (κ2) is 7.54. The van der Waals surface area contributed by atoms with Gasteiger partial charge in [-0.3, -0.25) is 14.6 Å². The molecule has 4 heterocycles. The van der Waals surface area contributed by atoms with Crippen LogP contribution in [0.15, 0.2) is 42.7 Å². The van der Waals surface area contributed by atoms with Crippen LogP contribution in [0, 0.1) is 0 Å². The van der Waals surface area contributed by atoms with E-state index < -0.39 is 11.8 Å². The third kappa shape index (κ3) is 3.89. The van der Waals surface area contributed by atoms with E-state index in [2.05, 4.69) is 9.97 Å². The van der Waals surface area contributed by atoms with Gasteiger partial charge in [-0.05, 0) is 30.3 Å². The Morgan fingerprint density at radius 3 is 2.78 bits per heavy atom. The molecule has 0 aromatic carbocycles. The third-order valence-corrected chi connectivity index (χ3v) is 5.63. The van der Waals surface area contributed by atoms with Crippen molar-refractivity contribution in [3.8, 4) is 0 Å². The molecule has 0 unspecified atom stereocenters. The number of H-pyrrole nitrogens is 1. The molecule has 3 aromatic rings. The van der Waals surface area contributed by atoms with Crippen LogP contribution in [0.25, 0.3) is 17.0 Å². The summed E-state index contributed by atoms with van der Waals surface area (Å²) >= 11 is 7.37. The molecule has 8 heteroatoms. The van der Waals surface area contributed by atoms with E-state index in [4.69, 9.17) is 11.6 Å². The number of hydrogen-bond donors (Lipinski definition) is 1. The minimum atomic E-state index is -0.467. The van der Waals surface area contributed by atoms with Crippen LogP contribution in [0.1, 0.15) is 10.6 Å². The van der Waals surface area contributed by atoms with Crippen molar-refractivity contribution in [2.45, 2.75) is 6.54 Å². The Hall–Kier alpha value is -2.64. The van der Waals surface area contributed by atoms with Crippen molar-refractivity contribution < 1.29 is 9.59 Å². The highest BCUT2D eigenvalue weighted by Gasteiger charge is 2.32. The summed E-state index contributed by atoms with van der Waals surface area (Å²) in [5.41, 5.74) is 1.86. The lowest BCUT2D eigenvalue weighted by Crippen LogP contribution is -2.53. The number of pyridine rings is 1. The molecular formula is C19H17ClN4O2S. The van der Waals surface area contributed by atoms with Gasteiger partial charge in [-0.25, -0.2) is 0 Å². The monoisotopic (exact) mass is 400 g/mol. The number of nitrogens with one attached hydrogen (secondary N) is 1. The van der Waals surface area contributed by atoms with Gasteiger partial charge < -0.3 is 14.8 Å². The summed E-state index contributed by atoms with van der Waals surface area (Å²) in [5, 5.41) is 0.990. The summed E-state index contributed by atoms with van der Waals surface area (Å²) in [6.07, 6.45) is 7.29. The Kier molecular flexibility index (Phi) is 4.96. The zero-order chi connectivity index (χ0) is 18.8. The summed E-state index contributed by atoms with van der Waals surface area (Å²) < 4.78 is 0.724. The predicted molar refractivity (Wildman–Crippen MR) is 106 cm³/mol. The molecule has 4 rings (SSSR count). The number of fused-ring (bicyclic) bond motifs is 1. The molecule has 6 nitrogen and oxygen atoms in total. The number of carbonyl (C=O) groups excluding carboxylic acids is 2. The first kappa shape index (κ1) is 17.8. The van der Waals surface area contributed by atoms with Gasteiger partial charge in [0.2, 0.25) is 0 Å². The molecule has 0 bridgehead atoms. The minimum absolute atomic E-state index is 0.386. The predicted octanol–water partition coefficient (Wildman–Crippen LogP) is 3.16. The number of rotatable bonds is 5. The molecule has 27 heavy (non-hydrogen) atoms. The molecule has 0 saturated carbocycles. The number of aromatic nitrogens is 2. The highest BCUT2D eigenvalue weighted by Crippen LogP contribution is 2.22. The fourth-order valence-corrected chi connectivity index (χ4v) is 4.07. The van der Waals surface area contributed by atoms with Gasteiger partial charge in [-0.1, -0.05) is 17.7 Å². The van der Waals surface area contributed by atoms with E-state index in [0.29, 0.717) is 26.2 Å². The van der Waals surface area contributed by atoms with E-state index in [-0.39, 0.29) is 0 Å². The first-order valence-corrected chi connectivity index (χ1v) is 9.71. The van der Waals surface area contributed by atoms with Gasteiger partial charge in [0, 0.05) is 53.5 Å². The summed E-state index contributed by atoms with van der Waals surface area (Å²) in [4.78, 5) is 36.4. The summed E-state index contributed by atoms with van der Waals surface area (Å²) in [5.74, 6) is -0.932. The van der Waals surface area contributed by atoms with Gasteiger partial charge >= 0.3 is 11.8 Å². The molecule has 0 aliphatic carbocycles. The number of thiophene rings is 1. The van der Waals surface area contributed by atoms with E-state index in [9.17, 15) is 9.59 Å². The fraction of sp³-hybridized carbons (Fsp3) is 0.211. The SMILES string of the molecule is O=C1C(=O)N(Cc2cc3cnccc3[nH]2)CCN1C/C=C/c1ccc(Cl)s1. The number of halogens is 1. The lowest BCUT2D eigenvalue weighted by atomic mass is 10.2. The molecule has 1 aliphatic rings. The van der Waals surface area contributed by atoms with Gasteiger partial charge in [0.05, 0.1) is 10.9 Å². The van der Waals surface area contributed by atoms with Crippen LogP contribution in [-0.4, -0.2) is 51.2 Å². The molecule has 1 saturated heterocycles. The average Bonchev–Trinajstić information content (AvgIpc) is 3.26. The first-order chi connectivity index (χ1) is 13.1. The number of aromatic amines is 1. The van der Waals surface area contributed by atoms with Crippen molar-refractivity contribution in [1.82, 2.24) is 19.8 Å². The summed E-state index contributed by atoms with van der Waals surface area (Å²) in [6.45, 7) is 1.82. The topological polar surface area (TPSA) is 69.3 Å². The van der Waals surface area contributed by atoms with Crippen molar-refractivity contribution in [2.75, 3.05) is 19.6 Å². The molecule has 1 fully saturated rings. The molecule has 1 N–H and O–H groups in total. The third-order valence-electron chi connectivity index (χ3n) is 4.44. The molecule has 2 amide bonds. The lowest BCUT2D eigenvalue weighted by Gasteiger charge is -2.33. The van der Waals surface area contributed by atoms with Crippen molar-refractivity contribution in [3.63, 3.8) is 0 Å². The number of carbonyl (C=O) groups is 2. The zero-order valence-corrected chi connectivity index (χ0v) is 16.0. The van der Waals surface area contributed by atoms with Gasteiger partial charge in [0.1, 0.15) is 0 Å². The standard InChI is InChI=1S/C19H17ClN4O2S/c20-17-4-3-15(27-17)2-1-7-23-8-9-24(19(26)18(23)25)12-14-10-13-11-21-6-5-16(13)22-14/h1-6,10-11,22H,7-9,12H2/b2-1+. The molecule has 0 spiro atoms. The first-order valence-electron chi connectivity index (χ1n) is 8.52. The fourth-order valence-electron chi connectivity index (χ4n) is 3.08. The molecular weight excluding hydrogens is 384 g/mol. The smallest absolute Gasteiger partial charge is 0.312 e. The van der Waals surface area contributed by atoms with E-state index in [0.717, 1.165) is 25.8 Å². The second-order valence-electron chi connectivity index (χ2n) is 6.28. The maximum absolute atomic E-state index is 12.5. The number of amides is 2. The van der Waals surface area contributed by atoms with Crippen LogP contribution in [0.3, 0.4) is 0 Å². The Morgan fingerprint density at radius 2 is 2.00 bits per heavy atom. The van der Waals surface area contributed by atoms with Crippen LogP contribution in [0.2, 0.25) is 4.34 Å². The Labute approximate surface area is 165 Å². The molecule has 138 valence electrons. The van der Waals surface area contributed by atoms with Crippen molar-refractivity contribution in [3.05, 3.63) is 57.6 Å². The van der Waals surface area contributed by atoms with Gasteiger partial charge in [-0.2, -0.15) is 0 Å². The maximum Gasteiger partial charge on any atom is 0.312 e. The molecule has 0 radical (unpaired) electrons. The van der Waals surface area contributed by atoms with Crippen LogP contribution in [0.5, 0.6) is 0 Å². The Balaban J connectivity index is 1.37. The van der Waals surface area contributed by atoms with E-state index in [1.807, 2.05) is 36.4 Å². The largest absolute Gasteiger partial charge is 0.357 e. The summed E-state index contributed by atoms with van der Waals surface area (Å²) in [6, 6.07) is 7.60. The average molecular weight is 401 g/mol. The molecule has 3 aromatic heterocycles. The van der Waals surface area contributed by atoms with Crippen LogP contribution >= 0.6 is 22.9 Å². The van der Waals surface area contributed by atoms with E-state index in [1.165, 1.54) is 11.3 Å². The number of hydrogen-bond acceptors (Lipinski definition) is 4. The molecule has 1 aliphatic heterocycles. The van der Waals surface area contributed by atoms with Gasteiger partial charge in [-0.15, -0.1) is 11.3 Å². The van der Waals surface area contributed by atoms with Gasteiger partial charge in [0.25, 0.3) is 0 Å². The van der Waals surface area contributed by atoms with Crippen molar-refractivity contribution in [1.29, 1.82) is 0 Å². The minimum Gasteiger partial charge on any atom is -0.357 e.